The van der Waals surface area contributed by atoms with Crippen LogP contribution in [0, 0.1) is 0 Å². The zero-order valence-electron chi connectivity index (χ0n) is 8.73. The van der Waals surface area contributed by atoms with Crippen molar-refractivity contribution in [3.63, 3.8) is 0 Å². The topological polar surface area (TPSA) is 79.6 Å². The number of H-pyrrole nitrogens is 1. The first-order valence-corrected chi connectivity index (χ1v) is 6.08. The molecule has 0 aliphatic heterocycles. The lowest BCUT2D eigenvalue weighted by atomic mass is 10.2. The molecule has 0 spiro atoms. The van der Waals surface area contributed by atoms with Crippen LogP contribution in [0.2, 0.25) is 0 Å². The lowest BCUT2D eigenvalue weighted by molar-refractivity contribution is 1.09. The number of nitrogens with one attached hydrogen (secondary N) is 2. The molecule has 84 valence electrons. The van der Waals surface area contributed by atoms with Gasteiger partial charge >= 0.3 is 0 Å². The van der Waals surface area contributed by atoms with Gasteiger partial charge in [0.1, 0.15) is 10.8 Å². The van der Waals surface area contributed by atoms with Gasteiger partial charge in [0, 0.05) is 23.9 Å². The smallest absolute Gasteiger partial charge is 0.142 e. The summed E-state index contributed by atoms with van der Waals surface area (Å²) in [6, 6.07) is 0. The fourth-order valence-electron chi connectivity index (χ4n) is 1.76. The second-order valence-electron chi connectivity index (χ2n) is 4.04. The van der Waals surface area contributed by atoms with Crippen molar-refractivity contribution in [1.82, 2.24) is 14.6 Å². The molecule has 6 heteroatoms. The SMILES string of the molecule is Nc1nsc(NCc2cn[nH]c2)c1C1CC1. The highest BCUT2D eigenvalue weighted by Crippen LogP contribution is 2.47. The van der Waals surface area contributed by atoms with Crippen LogP contribution in [-0.2, 0) is 6.54 Å². The molecular weight excluding hydrogens is 222 g/mol. The van der Waals surface area contributed by atoms with E-state index in [1.165, 1.54) is 29.9 Å². The van der Waals surface area contributed by atoms with Crippen LogP contribution in [0.3, 0.4) is 0 Å². The summed E-state index contributed by atoms with van der Waals surface area (Å²) in [4.78, 5) is 0. The minimum Gasteiger partial charge on any atom is -0.383 e. The van der Waals surface area contributed by atoms with E-state index in [0.717, 1.165) is 17.1 Å². The van der Waals surface area contributed by atoms with Crippen molar-refractivity contribution < 1.29 is 0 Å². The van der Waals surface area contributed by atoms with E-state index in [0.29, 0.717) is 11.7 Å². The van der Waals surface area contributed by atoms with Gasteiger partial charge in [0.15, 0.2) is 0 Å². The van der Waals surface area contributed by atoms with E-state index in [4.69, 9.17) is 5.73 Å². The van der Waals surface area contributed by atoms with E-state index in [2.05, 4.69) is 19.9 Å². The first-order chi connectivity index (χ1) is 7.84. The lowest BCUT2D eigenvalue weighted by Gasteiger charge is -2.04. The van der Waals surface area contributed by atoms with Gasteiger partial charge in [-0.2, -0.15) is 9.47 Å². The fourth-order valence-corrected chi connectivity index (χ4v) is 2.55. The van der Waals surface area contributed by atoms with E-state index < -0.39 is 0 Å². The standard InChI is InChI=1S/C10H13N5S/c11-9-8(7-1-2-7)10(16-15-9)12-3-6-4-13-14-5-6/h4-5,7,12H,1-3H2,(H2,11,15)(H,13,14). The zero-order chi connectivity index (χ0) is 11.0. The van der Waals surface area contributed by atoms with Crippen LogP contribution in [0.15, 0.2) is 12.4 Å². The molecule has 3 rings (SSSR count). The molecule has 1 aliphatic rings. The van der Waals surface area contributed by atoms with Crippen LogP contribution in [0.1, 0.15) is 29.9 Å². The lowest BCUT2D eigenvalue weighted by Crippen LogP contribution is -1.99. The largest absolute Gasteiger partial charge is 0.383 e. The average Bonchev–Trinajstić information content (AvgIpc) is 2.85. The second kappa shape index (κ2) is 3.79. The van der Waals surface area contributed by atoms with E-state index >= 15 is 0 Å². The zero-order valence-corrected chi connectivity index (χ0v) is 9.55. The Kier molecular flexibility index (Phi) is 2.28. The van der Waals surface area contributed by atoms with Crippen molar-refractivity contribution in [3.05, 3.63) is 23.5 Å². The van der Waals surface area contributed by atoms with Crippen LogP contribution < -0.4 is 11.1 Å². The normalized spacial score (nSPS) is 15.2. The Labute approximate surface area is 97.2 Å². The Morgan fingerprint density at radius 1 is 1.56 bits per heavy atom. The summed E-state index contributed by atoms with van der Waals surface area (Å²) in [5.74, 6) is 1.33. The van der Waals surface area contributed by atoms with Crippen molar-refractivity contribution >= 4 is 22.4 Å². The maximum absolute atomic E-state index is 5.87. The Morgan fingerprint density at radius 2 is 2.44 bits per heavy atom. The Balaban J connectivity index is 1.74. The number of anilines is 2. The quantitative estimate of drug-likeness (QED) is 0.756. The summed E-state index contributed by atoms with van der Waals surface area (Å²) in [6.07, 6.45) is 6.17. The maximum atomic E-state index is 5.87. The Bertz CT molecular complexity index is 471. The molecular formula is C10H13N5S. The van der Waals surface area contributed by atoms with Crippen LogP contribution in [-0.4, -0.2) is 14.6 Å². The molecule has 2 aromatic rings. The van der Waals surface area contributed by atoms with Crippen LogP contribution in [0.4, 0.5) is 10.8 Å². The summed E-state index contributed by atoms with van der Waals surface area (Å²) in [7, 11) is 0. The minimum atomic E-state index is 0.630. The molecule has 1 fully saturated rings. The summed E-state index contributed by atoms with van der Waals surface area (Å²) in [5, 5.41) is 11.2. The van der Waals surface area contributed by atoms with Crippen molar-refractivity contribution in [2.75, 3.05) is 11.1 Å². The number of hydrogen-bond acceptors (Lipinski definition) is 5. The van der Waals surface area contributed by atoms with Gasteiger partial charge in [0.25, 0.3) is 0 Å². The third kappa shape index (κ3) is 1.76. The van der Waals surface area contributed by atoms with Gasteiger partial charge in [-0.3, -0.25) is 5.10 Å². The van der Waals surface area contributed by atoms with Gasteiger partial charge in [0.05, 0.1) is 6.20 Å². The molecule has 0 bridgehead atoms. The van der Waals surface area contributed by atoms with E-state index in [-0.39, 0.29) is 0 Å². The molecule has 0 atom stereocenters. The summed E-state index contributed by atoms with van der Waals surface area (Å²) in [6.45, 7) is 0.762. The molecule has 0 amide bonds. The van der Waals surface area contributed by atoms with E-state index in [1.807, 2.05) is 12.4 Å². The number of nitrogen functional groups attached to an aromatic ring is 1. The molecule has 1 saturated carbocycles. The number of rotatable bonds is 4. The number of aromatic nitrogens is 3. The third-order valence-corrected chi connectivity index (χ3v) is 3.58. The minimum absolute atomic E-state index is 0.630. The van der Waals surface area contributed by atoms with Gasteiger partial charge in [-0.15, -0.1) is 0 Å². The number of nitrogens with two attached hydrogens (primary N) is 1. The number of hydrogen-bond donors (Lipinski definition) is 3. The Morgan fingerprint density at radius 3 is 3.12 bits per heavy atom. The third-order valence-electron chi connectivity index (χ3n) is 2.75. The van der Waals surface area contributed by atoms with Crippen molar-refractivity contribution in [1.29, 1.82) is 0 Å². The number of nitrogens with zero attached hydrogens (tertiary/aromatic N) is 2. The first-order valence-electron chi connectivity index (χ1n) is 5.31. The number of aromatic amines is 1. The highest BCUT2D eigenvalue weighted by molar-refractivity contribution is 7.10. The predicted octanol–water partition coefficient (Wildman–Crippen LogP) is 1.94. The van der Waals surface area contributed by atoms with Gasteiger partial charge in [0.2, 0.25) is 0 Å². The summed E-state index contributed by atoms with van der Waals surface area (Å²) >= 11 is 1.45. The molecule has 5 nitrogen and oxygen atoms in total. The molecule has 2 heterocycles. The van der Waals surface area contributed by atoms with E-state index in [9.17, 15) is 0 Å². The Hall–Kier alpha value is -1.56. The highest BCUT2D eigenvalue weighted by Gasteiger charge is 2.30. The molecule has 0 aromatic carbocycles. The summed E-state index contributed by atoms with van der Waals surface area (Å²) < 4.78 is 4.21. The van der Waals surface area contributed by atoms with Gasteiger partial charge < -0.3 is 11.1 Å². The fraction of sp³-hybridized carbons (Fsp3) is 0.400. The van der Waals surface area contributed by atoms with Gasteiger partial charge in [-0.1, -0.05) is 0 Å². The van der Waals surface area contributed by atoms with E-state index in [1.54, 1.807) is 0 Å². The van der Waals surface area contributed by atoms with Crippen molar-refractivity contribution in [2.24, 2.45) is 0 Å². The second-order valence-corrected chi connectivity index (χ2v) is 4.82. The average molecular weight is 235 g/mol. The van der Waals surface area contributed by atoms with Gasteiger partial charge in [-0.05, 0) is 30.3 Å². The molecule has 1 aliphatic carbocycles. The molecule has 16 heavy (non-hydrogen) atoms. The molecule has 4 N–H and O–H groups in total. The van der Waals surface area contributed by atoms with Crippen LogP contribution in [0.5, 0.6) is 0 Å². The maximum Gasteiger partial charge on any atom is 0.142 e. The molecule has 0 saturated heterocycles. The van der Waals surface area contributed by atoms with Crippen LogP contribution in [0.25, 0.3) is 0 Å². The molecule has 2 aromatic heterocycles. The molecule has 0 unspecified atom stereocenters. The van der Waals surface area contributed by atoms with Gasteiger partial charge in [-0.25, -0.2) is 0 Å². The molecule has 0 radical (unpaired) electrons. The first kappa shape index (κ1) is 9.65. The monoisotopic (exact) mass is 235 g/mol. The van der Waals surface area contributed by atoms with Crippen LogP contribution >= 0.6 is 11.5 Å². The highest BCUT2D eigenvalue weighted by atomic mass is 32.1. The summed E-state index contributed by atoms with van der Waals surface area (Å²) in [5.41, 5.74) is 8.22. The van der Waals surface area contributed by atoms with Crippen molar-refractivity contribution in [2.45, 2.75) is 25.3 Å². The van der Waals surface area contributed by atoms with Crippen molar-refractivity contribution in [3.8, 4) is 0 Å². The predicted molar refractivity (Wildman–Crippen MR) is 64.4 cm³/mol.